The third-order valence-corrected chi connectivity index (χ3v) is 2.41. The second-order valence-corrected chi connectivity index (χ2v) is 3.79. The van der Waals surface area contributed by atoms with E-state index in [1.54, 1.807) is 7.11 Å². The summed E-state index contributed by atoms with van der Waals surface area (Å²) in [6.45, 7) is 10.1. The van der Waals surface area contributed by atoms with Crippen LogP contribution in [0.4, 0.5) is 5.69 Å². The van der Waals surface area contributed by atoms with E-state index in [1.807, 2.05) is 52.8 Å². The lowest BCUT2D eigenvalue weighted by molar-refractivity contribution is 0.0187. The standard InChI is InChI=1S/C11H17NO.C2H6/c1-8-7-9(12)5-6-10(8)11(2,3)13-4;1-2/h5-7H,12H2,1-4H3;1-2H3. The molecule has 0 bridgehead atoms. The molecule has 1 rings (SSSR count). The zero-order valence-corrected chi connectivity index (χ0v) is 10.7. The van der Waals surface area contributed by atoms with Crippen molar-refractivity contribution in [3.05, 3.63) is 29.3 Å². The zero-order chi connectivity index (χ0) is 12.1. The van der Waals surface area contributed by atoms with Crippen LogP contribution in [0, 0.1) is 6.92 Å². The van der Waals surface area contributed by atoms with E-state index >= 15 is 0 Å². The number of aryl methyl sites for hydroxylation is 1. The molecule has 0 heterocycles. The number of benzene rings is 1. The molecule has 2 N–H and O–H groups in total. The molecule has 0 atom stereocenters. The number of hydrogen-bond acceptors (Lipinski definition) is 2. The molecule has 0 saturated heterocycles. The van der Waals surface area contributed by atoms with Crippen LogP contribution in [0.3, 0.4) is 0 Å². The van der Waals surface area contributed by atoms with Crippen molar-refractivity contribution in [2.24, 2.45) is 0 Å². The summed E-state index contributed by atoms with van der Waals surface area (Å²) in [6, 6.07) is 5.90. The summed E-state index contributed by atoms with van der Waals surface area (Å²) < 4.78 is 5.40. The average Bonchev–Trinajstić information content (AvgIpc) is 2.20. The van der Waals surface area contributed by atoms with Gasteiger partial charge >= 0.3 is 0 Å². The molecule has 86 valence electrons. The molecule has 2 nitrogen and oxygen atoms in total. The Hall–Kier alpha value is -1.02. The van der Waals surface area contributed by atoms with Crippen molar-refractivity contribution in [3.8, 4) is 0 Å². The van der Waals surface area contributed by atoms with Gasteiger partial charge < -0.3 is 10.5 Å². The fourth-order valence-electron chi connectivity index (χ4n) is 1.47. The predicted octanol–water partition coefficient (Wildman–Crippen LogP) is 3.48. The number of methoxy groups -OCH3 is 1. The number of hydrogen-bond donors (Lipinski definition) is 1. The summed E-state index contributed by atoms with van der Waals surface area (Å²) in [4.78, 5) is 0. The summed E-state index contributed by atoms with van der Waals surface area (Å²) in [6.07, 6.45) is 0. The van der Waals surface area contributed by atoms with Crippen LogP contribution in [-0.4, -0.2) is 7.11 Å². The van der Waals surface area contributed by atoms with Crippen LogP contribution < -0.4 is 5.73 Å². The van der Waals surface area contributed by atoms with Gasteiger partial charge in [0.15, 0.2) is 0 Å². The number of nitrogens with two attached hydrogens (primary N) is 1. The second-order valence-electron chi connectivity index (χ2n) is 3.79. The number of nitrogen functional groups attached to an aromatic ring is 1. The van der Waals surface area contributed by atoms with Crippen molar-refractivity contribution in [2.75, 3.05) is 12.8 Å². The van der Waals surface area contributed by atoms with Crippen LogP contribution in [0.5, 0.6) is 0 Å². The third-order valence-electron chi connectivity index (χ3n) is 2.41. The Morgan fingerprint density at radius 3 is 2.13 bits per heavy atom. The smallest absolute Gasteiger partial charge is 0.0874 e. The molecule has 0 amide bonds. The molecule has 0 spiro atoms. The van der Waals surface area contributed by atoms with Gasteiger partial charge in [-0.3, -0.25) is 0 Å². The molecule has 0 aliphatic heterocycles. The van der Waals surface area contributed by atoms with Crippen molar-refractivity contribution in [2.45, 2.75) is 40.2 Å². The van der Waals surface area contributed by atoms with Gasteiger partial charge in [-0.15, -0.1) is 0 Å². The maximum atomic E-state index is 5.67. The van der Waals surface area contributed by atoms with Gasteiger partial charge in [0.2, 0.25) is 0 Å². The number of anilines is 1. The van der Waals surface area contributed by atoms with Crippen LogP contribution in [0.2, 0.25) is 0 Å². The van der Waals surface area contributed by atoms with Crippen LogP contribution >= 0.6 is 0 Å². The van der Waals surface area contributed by atoms with E-state index in [1.165, 1.54) is 11.1 Å². The highest BCUT2D eigenvalue weighted by Gasteiger charge is 2.20. The molecule has 15 heavy (non-hydrogen) atoms. The highest BCUT2D eigenvalue weighted by Crippen LogP contribution is 2.27. The van der Waals surface area contributed by atoms with Crippen LogP contribution in [-0.2, 0) is 10.3 Å². The van der Waals surface area contributed by atoms with Gasteiger partial charge in [0.1, 0.15) is 0 Å². The normalized spacial score (nSPS) is 10.5. The molecule has 0 aromatic heterocycles. The molecule has 1 aromatic rings. The summed E-state index contributed by atoms with van der Waals surface area (Å²) in [5.74, 6) is 0. The Bertz CT molecular complexity index is 305. The van der Waals surface area contributed by atoms with E-state index in [-0.39, 0.29) is 5.60 Å². The quantitative estimate of drug-likeness (QED) is 0.757. The molecular formula is C13H23NO. The minimum Gasteiger partial charge on any atom is -0.399 e. The van der Waals surface area contributed by atoms with E-state index in [0.717, 1.165) is 5.69 Å². The first-order valence-corrected chi connectivity index (χ1v) is 5.39. The van der Waals surface area contributed by atoms with Crippen molar-refractivity contribution < 1.29 is 4.74 Å². The van der Waals surface area contributed by atoms with Gasteiger partial charge in [0.05, 0.1) is 5.60 Å². The van der Waals surface area contributed by atoms with E-state index in [9.17, 15) is 0 Å². The number of rotatable bonds is 2. The van der Waals surface area contributed by atoms with Crippen molar-refractivity contribution in [1.29, 1.82) is 0 Å². The van der Waals surface area contributed by atoms with Crippen molar-refractivity contribution in [1.82, 2.24) is 0 Å². The number of ether oxygens (including phenoxy) is 1. The van der Waals surface area contributed by atoms with E-state index in [0.29, 0.717) is 0 Å². The summed E-state index contributed by atoms with van der Waals surface area (Å²) in [5, 5.41) is 0. The molecular weight excluding hydrogens is 186 g/mol. The first-order chi connectivity index (χ1) is 6.97. The summed E-state index contributed by atoms with van der Waals surface area (Å²) >= 11 is 0. The van der Waals surface area contributed by atoms with Gasteiger partial charge in [-0.25, -0.2) is 0 Å². The van der Waals surface area contributed by atoms with E-state index in [2.05, 4.69) is 0 Å². The SMILES string of the molecule is CC.COC(C)(C)c1ccc(N)cc1C. The topological polar surface area (TPSA) is 35.2 Å². The Morgan fingerprint density at radius 1 is 1.20 bits per heavy atom. The Balaban J connectivity index is 0.000000921. The van der Waals surface area contributed by atoms with Gasteiger partial charge in [-0.05, 0) is 44.0 Å². The predicted molar refractivity (Wildman–Crippen MR) is 67.0 cm³/mol. The lowest BCUT2D eigenvalue weighted by Crippen LogP contribution is -2.20. The minimum absolute atomic E-state index is 0.238. The van der Waals surface area contributed by atoms with Crippen molar-refractivity contribution >= 4 is 5.69 Å². The zero-order valence-electron chi connectivity index (χ0n) is 10.7. The Kier molecular flexibility index (Phi) is 5.37. The summed E-state index contributed by atoms with van der Waals surface area (Å²) in [7, 11) is 1.72. The van der Waals surface area contributed by atoms with Crippen LogP contribution in [0.15, 0.2) is 18.2 Å². The van der Waals surface area contributed by atoms with Gasteiger partial charge in [-0.1, -0.05) is 19.9 Å². The molecule has 0 aliphatic rings. The molecule has 0 radical (unpaired) electrons. The van der Waals surface area contributed by atoms with Crippen LogP contribution in [0.1, 0.15) is 38.8 Å². The lowest BCUT2D eigenvalue weighted by atomic mass is 9.93. The van der Waals surface area contributed by atoms with Gasteiger partial charge in [-0.2, -0.15) is 0 Å². The summed E-state index contributed by atoms with van der Waals surface area (Å²) in [5.41, 5.74) is 8.59. The van der Waals surface area contributed by atoms with E-state index < -0.39 is 0 Å². The molecule has 0 fully saturated rings. The fraction of sp³-hybridized carbons (Fsp3) is 0.538. The first kappa shape index (κ1) is 14.0. The molecule has 0 aliphatic carbocycles. The average molecular weight is 209 g/mol. The largest absolute Gasteiger partial charge is 0.399 e. The molecule has 0 saturated carbocycles. The third kappa shape index (κ3) is 3.56. The maximum Gasteiger partial charge on any atom is 0.0874 e. The van der Waals surface area contributed by atoms with E-state index in [4.69, 9.17) is 10.5 Å². The molecule has 1 aromatic carbocycles. The highest BCUT2D eigenvalue weighted by molar-refractivity contribution is 5.45. The Morgan fingerprint density at radius 2 is 1.73 bits per heavy atom. The maximum absolute atomic E-state index is 5.67. The Labute approximate surface area is 93.4 Å². The lowest BCUT2D eigenvalue weighted by Gasteiger charge is -2.25. The molecule has 2 heteroatoms. The molecule has 0 unspecified atom stereocenters. The minimum atomic E-state index is -0.238. The first-order valence-electron chi connectivity index (χ1n) is 5.39. The fourth-order valence-corrected chi connectivity index (χ4v) is 1.47. The van der Waals surface area contributed by atoms with Crippen LogP contribution in [0.25, 0.3) is 0 Å². The highest BCUT2D eigenvalue weighted by atomic mass is 16.5. The second kappa shape index (κ2) is 5.76. The van der Waals surface area contributed by atoms with Crippen molar-refractivity contribution in [3.63, 3.8) is 0 Å². The van der Waals surface area contributed by atoms with Gasteiger partial charge in [0.25, 0.3) is 0 Å². The monoisotopic (exact) mass is 209 g/mol. The van der Waals surface area contributed by atoms with Gasteiger partial charge in [0, 0.05) is 12.8 Å².